The van der Waals surface area contributed by atoms with Gasteiger partial charge in [-0.05, 0) is 37.0 Å². The van der Waals surface area contributed by atoms with Gasteiger partial charge in [0.05, 0.1) is 12.2 Å². The first-order valence-electron chi connectivity index (χ1n) is 7.18. The Labute approximate surface area is 119 Å². The van der Waals surface area contributed by atoms with Crippen molar-refractivity contribution in [1.82, 2.24) is 4.90 Å². The van der Waals surface area contributed by atoms with Gasteiger partial charge in [0.15, 0.2) is 0 Å². The summed E-state index contributed by atoms with van der Waals surface area (Å²) >= 11 is 0. The molecular weight excluding hydrogens is 254 g/mol. The molecule has 1 amide bonds. The van der Waals surface area contributed by atoms with E-state index in [0.29, 0.717) is 12.2 Å². The molecule has 20 heavy (non-hydrogen) atoms. The maximum atomic E-state index is 12.0. The highest BCUT2D eigenvalue weighted by Crippen LogP contribution is 2.24. The molecule has 1 aromatic rings. The van der Waals surface area contributed by atoms with Crippen LogP contribution in [0.3, 0.4) is 0 Å². The maximum Gasteiger partial charge on any atom is 0.238 e. The van der Waals surface area contributed by atoms with Gasteiger partial charge in [-0.15, -0.1) is 0 Å². The van der Waals surface area contributed by atoms with Crippen molar-refractivity contribution in [3.05, 3.63) is 23.8 Å². The van der Waals surface area contributed by atoms with E-state index in [-0.39, 0.29) is 17.7 Å². The highest BCUT2D eigenvalue weighted by molar-refractivity contribution is 5.93. The maximum absolute atomic E-state index is 12.0. The van der Waals surface area contributed by atoms with Gasteiger partial charge in [0.2, 0.25) is 5.91 Å². The Morgan fingerprint density at radius 1 is 1.45 bits per heavy atom. The van der Waals surface area contributed by atoms with Crippen LogP contribution >= 0.6 is 0 Å². The number of likely N-dealkylation sites (tertiary alicyclic amines) is 1. The Morgan fingerprint density at radius 2 is 2.15 bits per heavy atom. The van der Waals surface area contributed by atoms with Crippen LogP contribution in [-0.2, 0) is 11.2 Å². The average Bonchev–Trinajstić information content (AvgIpc) is 2.44. The van der Waals surface area contributed by atoms with E-state index in [0.717, 1.165) is 37.9 Å². The molecule has 0 atom stereocenters. The zero-order valence-corrected chi connectivity index (χ0v) is 11.9. The molecular formula is C15H23N3O2. The molecule has 0 aliphatic carbocycles. The van der Waals surface area contributed by atoms with Crippen LogP contribution in [0.15, 0.2) is 18.2 Å². The van der Waals surface area contributed by atoms with Gasteiger partial charge in [0, 0.05) is 19.1 Å². The summed E-state index contributed by atoms with van der Waals surface area (Å²) in [5, 5.41) is 12.6. The number of aromatic hydroxyl groups is 1. The monoisotopic (exact) mass is 277 g/mol. The lowest BCUT2D eigenvalue weighted by atomic mass is 10.1. The molecule has 1 aliphatic heterocycles. The number of nitrogens with zero attached hydrogens (tertiary/aromatic N) is 1. The van der Waals surface area contributed by atoms with Crippen molar-refractivity contribution in [3.8, 4) is 5.75 Å². The van der Waals surface area contributed by atoms with E-state index < -0.39 is 0 Å². The Kier molecular flexibility index (Phi) is 4.98. The summed E-state index contributed by atoms with van der Waals surface area (Å²) < 4.78 is 0. The molecule has 2 rings (SSSR count). The third-order valence-electron chi connectivity index (χ3n) is 3.74. The number of hydrogen-bond acceptors (Lipinski definition) is 4. The number of nitrogens with two attached hydrogens (primary N) is 1. The van der Waals surface area contributed by atoms with Crippen molar-refractivity contribution >= 4 is 11.6 Å². The smallest absolute Gasteiger partial charge is 0.238 e. The predicted octanol–water partition coefficient (Wildman–Crippen LogP) is 1.32. The molecule has 1 saturated heterocycles. The highest BCUT2D eigenvalue weighted by Gasteiger charge is 2.18. The van der Waals surface area contributed by atoms with E-state index in [1.54, 1.807) is 6.07 Å². The number of nitrogens with one attached hydrogen (secondary N) is 1. The molecule has 1 aromatic carbocycles. The normalized spacial score (nSPS) is 17.1. The van der Waals surface area contributed by atoms with Crippen molar-refractivity contribution in [2.24, 2.45) is 5.73 Å². The quantitative estimate of drug-likeness (QED) is 0.725. The lowest BCUT2D eigenvalue weighted by molar-refractivity contribution is -0.117. The second kappa shape index (κ2) is 6.72. The van der Waals surface area contributed by atoms with Crippen molar-refractivity contribution in [2.75, 3.05) is 25.0 Å². The molecule has 1 aliphatic rings. The van der Waals surface area contributed by atoms with Crippen molar-refractivity contribution in [1.29, 1.82) is 0 Å². The SMILES string of the molecule is CCc1ccc(O)c(NC(=O)CN2CCC(N)CC2)c1. The van der Waals surface area contributed by atoms with Crippen LogP contribution in [0.25, 0.3) is 0 Å². The lowest BCUT2D eigenvalue weighted by Gasteiger charge is -2.29. The van der Waals surface area contributed by atoms with Crippen LogP contribution in [-0.4, -0.2) is 41.6 Å². The van der Waals surface area contributed by atoms with E-state index in [4.69, 9.17) is 5.73 Å². The summed E-state index contributed by atoms with van der Waals surface area (Å²) in [6.07, 6.45) is 2.74. The summed E-state index contributed by atoms with van der Waals surface area (Å²) in [6.45, 7) is 4.10. The molecule has 5 nitrogen and oxygen atoms in total. The minimum atomic E-state index is -0.0935. The van der Waals surface area contributed by atoms with Gasteiger partial charge in [-0.1, -0.05) is 13.0 Å². The van der Waals surface area contributed by atoms with Gasteiger partial charge in [-0.2, -0.15) is 0 Å². The second-order valence-electron chi connectivity index (χ2n) is 5.37. The minimum absolute atomic E-state index is 0.0935. The van der Waals surface area contributed by atoms with Crippen molar-refractivity contribution in [3.63, 3.8) is 0 Å². The first kappa shape index (κ1) is 14.8. The predicted molar refractivity (Wildman–Crippen MR) is 79.8 cm³/mol. The van der Waals surface area contributed by atoms with E-state index in [1.807, 2.05) is 19.1 Å². The van der Waals surface area contributed by atoms with E-state index in [9.17, 15) is 9.90 Å². The van der Waals surface area contributed by atoms with Crippen molar-refractivity contribution < 1.29 is 9.90 Å². The Bertz CT molecular complexity index is 468. The molecule has 1 heterocycles. The molecule has 0 aromatic heterocycles. The Hall–Kier alpha value is -1.59. The zero-order valence-electron chi connectivity index (χ0n) is 11.9. The Morgan fingerprint density at radius 3 is 2.80 bits per heavy atom. The second-order valence-corrected chi connectivity index (χ2v) is 5.37. The fraction of sp³-hybridized carbons (Fsp3) is 0.533. The summed E-state index contributed by atoms with van der Waals surface area (Å²) in [5.41, 5.74) is 7.42. The molecule has 0 bridgehead atoms. The number of carbonyl (C=O) groups is 1. The minimum Gasteiger partial charge on any atom is -0.506 e. The largest absolute Gasteiger partial charge is 0.506 e. The fourth-order valence-corrected chi connectivity index (χ4v) is 2.41. The molecule has 110 valence electrons. The van der Waals surface area contributed by atoms with E-state index in [1.165, 1.54) is 0 Å². The number of rotatable bonds is 4. The van der Waals surface area contributed by atoms with E-state index >= 15 is 0 Å². The van der Waals surface area contributed by atoms with Gasteiger partial charge in [0.1, 0.15) is 5.75 Å². The zero-order chi connectivity index (χ0) is 14.5. The molecule has 0 unspecified atom stereocenters. The molecule has 1 fully saturated rings. The summed E-state index contributed by atoms with van der Waals surface area (Å²) in [5.74, 6) is 0.0141. The van der Waals surface area contributed by atoms with Gasteiger partial charge >= 0.3 is 0 Å². The molecule has 0 saturated carbocycles. The van der Waals surface area contributed by atoms with Gasteiger partial charge in [-0.3, -0.25) is 9.69 Å². The lowest BCUT2D eigenvalue weighted by Crippen LogP contribution is -2.43. The van der Waals surface area contributed by atoms with E-state index in [2.05, 4.69) is 10.2 Å². The number of phenols is 1. The average molecular weight is 277 g/mol. The first-order chi connectivity index (χ1) is 9.58. The highest BCUT2D eigenvalue weighted by atomic mass is 16.3. The van der Waals surface area contributed by atoms with Crippen LogP contribution in [0.2, 0.25) is 0 Å². The standard InChI is InChI=1S/C15H23N3O2/c1-2-11-3-4-14(19)13(9-11)17-15(20)10-18-7-5-12(16)6-8-18/h3-4,9,12,19H,2,5-8,10,16H2,1H3,(H,17,20). The number of hydrogen-bond donors (Lipinski definition) is 3. The van der Waals surface area contributed by atoms with Crippen LogP contribution in [0, 0.1) is 0 Å². The number of piperidine rings is 1. The third kappa shape index (κ3) is 3.95. The number of aryl methyl sites for hydroxylation is 1. The molecule has 4 N–H and O–H groups in total. The fourth-order valence-electron chi connectivity index (χ4n) is 2.41. The van der Waals surface area contributed by atoms with Gasteiger partial charge < -0.3 is 16.2 Å². The van der Waals surface area contributed by atoms with Crippen LogP contribution in [0.1, 0.15) is 25.3 Å². The molecule has 0 radical (unpaired) electrons. The van der Waals surface area contributed by atoms with Crippen LogP contribution in [0.4, 0.5) is 5.69 Å². The topological polar surface area (TPSA) is 78.6 Å². The number of anilines is 1. The summed E-state index contributed by atoms with van der Waals surface area (Å²) in [4.78, 5) is 14.1. The molecule has 5 heteroatoms. The number of benzene rings is 1. The molecule has 0 spiro atoms. The Balaban J connectivity index is 1.91. The third-order valence-corrected chi connectivity index (χ3v) is 3.74. The number of amides is 1. The van der Waals surface area contributed by atoms with Gasteiger partial charge in [0.25, 0.3) is 0 Å². The number of carbonyl (C=O) groups excluding carboxylic acids is 1. The van der Waals surface area contributed by atoms with Gasteiger partial charge in [-0.25, -0.2) is 0 Å². The van der Waals surface area contributed by atoms with Crippen LogP contribution in [0.5, 0.6) is 5.75 Å². The summed E-state index contributed by atoms with van der Waals surface area (Å²) in [7, 11) is 0. The number of phenolic OH excluding ortho intramolecular Hbond substituents is 1. The van der Waals surface area contributed by atoms with Crippen molar-refractivity contribution in [2.45, 2.75) is 32.2 Å². The summed E-state index contributed by atoms with van der Waals surface area (Å²) in [6, 6.07) is 5.56. The first-order valence-corrected chi connectivity index (χ1v) is 7.18. The van der Waals surface area contributed by atoms with Crippen LogP contribution < -0.4 is 11.1 Å².